The molecule has 0 atom stereocenters. The van der Waals surface area contributed by atoms with E-state index in [1.807, 2.05) is 12.1 Å². The number of hydrogen-bond acceptors (Lipinski definition) is 4. The van der Waals surface area contributed by atoms with Crippen LogP contribution >= 0.6 is 11.6 Å². The lowest BCUT2D eigenvalue weighted by molar-refractivity contribution is 0.0697. The number of carbonyl (C=O) groups is 1. The number of pyridine rings is 1. The lowest BCUT2D eigenvalue weighted by Gasteiger charge is -2.18. The maximum Gasteiger partial charge on any atom is 0.335 e. The highest BCUT2D eigenvalue weighted by molar-refractivity contribution is 6.35. The van der Waals surface area contributed by atoms with E-state index in [1.54, 1.807) is 25.4 Å². The van der Waals surface area contributed by atoms with Crippen LogP contribution in [0.25, 0.3) is 5.70 Å². The number of aromatic carboxylic acids is 1. The standard InChI is InChI=1S/C21H22ClN3O2/c1-21(2,3)19-11-13(8-9-25-19)17(23-4)12-18(24-5)15-7-6-14(20(26)27)10-16(15)22/h6-12H,4H2,1-3,5H3,(H,26,27)/b17-12-,24-18+. The van der Waals surface area contributed by atoms with Crippen LogP contribution in [0.2, 0.25) is 5.02 Å². The maximum absolute atomic E-state index is 11.1. The number of carboxylic acids is 1. The molecule has 0 saturated heterocycles. The fourth-order valence-corrected chi connectivity index (χ4v) is 2.75. The van der Waals surface area contributed by atoms with E-state index in [0.717, 1.165) is 11.3 Å². The van der Waals surface area contributed by atoms with Crippen LogP contribution < -0.4 is 0 Å². The fourth-order valence-electron chi connectivity index (χ4n) is 2.47. The van der Waals surface area contributed by atoms with Crippen molar-refractivity contribution in [3.63, 3.8) is 0 Å². The van der Waals surface area contributed by atoms with Gasteiger partial charge in [-0.3, -0.25) is 15.0 Å². The van der Waals surface area contributed by atoms with Gasteiger partial charge in [0.2, 0.25) is 0 Å². The third kappa shape index (κ3) is 4.89. The van der Waals surface area contributed by atoms with Crippen LogP contribution in [-0.4, -0.2) is 35.5 Å². The Bertz CT molecular complexity index is 941. The summed E-state index contributed by atoms with van der Waals surface area (Å²) in [5.74, 6) is -1.03. The summed E-state index contributed by atoms with van der Waals surface area (Å²) in [5.41, 5.74) is 3.65. The molecule has 1 heterocycles. The molecule has 0 aliphatic rings. The fraction of sp³-hybridized carbons (Fsp3) is 0.238. The molecule has 0 unspecified atom stereocenters. The molecule has 2 aromatic rings. The normalized spacial score (nSPS) is 12.8. The van der Waals surface area contributed by atoms with Gasteiger partial charge in [0.25, 0.3) is 0 Å². The number of hydrogen-bond donors (Lipinski definition) is 1. The van der Waals surface area contributed by atoms with Gasteiger partial charge in [0.05, 0.1) is 22.0 Å². The second-order valence-corrected chi connectivity index (χ2v) is 7.38. The molecule has 0 spiro atoms. The molecular weight excluding hydrogens is 362 g/mol. The summed E-state index contributed by atoms with van der Waals surface area (Å²) < 4.78 is 0. The van der Waals surface area contributed by atoms with E-state index in [1.165, 1.54) is 12.1 Å². The molecular formula is C21H22ClN3O2. The molecule has 1 aromatic heterocycles. The zero-order chi connectivity index (χ0) is 20.2. The zero-order valence-corrected chi connectivity index (χ0v) is 16.6. The maximum atomic E-state index is 11.1. The van der Waals surface area contributed by atoms with E-state index in [-0.39, 0.29) is 11.0 Å². The van der Waals surface area contributed by atoms with Gasteiger partial charge in [0.15, 0.2) is 0 Å². The molecule has 0 amide bonds. The summed E-state index contributed by atoms with van der Waals surface area (Å²) in [5, 5.41) is 9.40. The van der Waals surface area contributed by atoms with Crippen LogP contribution in [0.3, 0.4) is 0 Å². The lowest BCUT2D eigenvalue weighted by Crippen LogP contribution is -2.13. The van der Waals surface area contributed by atoms with Gasteiger partial charge in [0, 0.05) is 35.5 Å². The minimum atomic E-state index is -1.03. The molecule has 1 N–H and O–H groups in total. The molecule has 0 radical (unpaired) electrons. The highest BCUT2D eigenvalue weighted by Gasteiger charge is 2.17. The first-order chi connectivity index (χ1) is 12.7. The van der Waals surface area contributed by atoms with Crippen molar-refractivity contribution in [3.8, 4) is 0 Å². The summed E-state index contributed by atoms with van der Waals surface area (Å²) in [7, 11) is 1.64. The van der Waals surface area contributed by atoms with Crippen molar-refractivity contribution in [2.75, 3.05) is 7.05 Å². The second kappa shape index (κ2) is 8.27. The Balaban J connectivity index is 2.50. The summed E-state index contributed by atoms with van der Waals surface area (Å²) in [4.78, 5) is 23.9. The lowest BCUT2D eigenvalue weighted by atomic mass is 9.90. The van der Waals surface area contributed by atoms with Gasteiger partial charge < -0.3 is 5.11 Å². The highest BCUT2D eigenvalue weighted by atomic mass is 35.5. The summed E-state index contributed by atoms with van der Waals surface area (Å²) in [6, 6.07) is 8.37. The van der Waals surface area contributed by atoms with E-state index in [0.29, 0.717) is 22.0 Å². The number of allylic oxidation sites excluding steroid dienone is 1. The summed E-state index contributed by atoms with van der Waals surface area (Å²) in [6.45, 7) is 9.94. The first-order valence-corrected chi connectivity index (χ1v) is 8.70. The molecule has 0 fully saturated rings. The van der Waals surface area contributed by atoms with Gasteiger partial charge in [-0.25, -0.2) is 4.79 Å². The quantitative estimate of drug-likeness (QED) is 0.747. The Labute approximate surface area is 164 Å². The van der Waals surface area contributed by atoms with Crippen LogP contribution in [0.15, 0.2) is 52.6 Å². The van der Waals surface area contributed by atoms with Gasteiger partial charge >= 0.3 is 5.97 Å². The van der Waals surface area contributed by atoms with E-state index < -0.39 is 5.97 Å². The van der Waals surface area contributed by atoms with Crippen molar-refractivity contribution < 1.29 is 9.90 Å². The monoisotopic (exact) mass is 383 g/mol. The molecule has 140 valence electrons. The minimum Gasteiger partial charge on any atom is -0.478 e. The zero-order valence-electron chi connectivity index (χ0n) is 15.8. The number of aliphatic imine (C=N–C) groups is 2. The van der Waals surface area contributed by atoms with Crippen molar-refractivity contribution in [3.05, 3.63) is 70.0 Å². The molecule has 0 saturated carbocycles. The average molecular weight is 384 g/mol. The van der Waals surface area contributed by atoms with Crippen LogP contribution in [0.4, 0.5) is 0 Å². The third-order valence-corrected chi connectivity index (χ3v) is 4.31. The Morgan fingerprint density at radius 3 is 2.44 bits per heavy atom. The molecule has 2 rings (SSSR count). The number of carboxylic acid groups (broad SMARTS) is 1. The van der Waals surface area contributed by atoms with Crippen LogP contribution in [0, 0.1) is 0 Å². The topological polar surface area (TPSA) is 74.9 Å². The van der Waals surface area contributed by atoms with Gasteiger partial charge in [0.1, 0.15) is 0 Å². The van der Waals surface area contributed by atoms with E-state index in [2.05, 4.69) is 42.5 Å². The molecule has 0 bridgehead atoms. The number of benzene rings is 1. The Hall–Kier alpha value is -2.79. The largest absolute Gasteiger partial charge is 0.478 e. The van der Waals surface area contributed by atoms with Crippen molar-refractivity contribution in [2.24, 2.45) is 9.98 Å². The summed E-state index contributed by atoms with van der Waals surface area (Å²) in [6.07, 6.45) is 3.52. The van der Waals surface area contributed by atoms with Crippen LogP contribution in [0.5, 0.6) is 0 Å². The highest BCUT2D eigenvalue weighted by Crippen LogP contribution is 2.26. The Morgan fingerprint density at radius 1 is 1.22 bits per heavy atom. The Morgan fingerprint density at radius 2 is 1.93 bits per heavy atom. The van der Waals surface area contributed by atoms with E-state index >= 15 is 0 Å². The number of aromatic nitrogens is 1. The van der Waals surface area contributed by atoms with Crippen molar-refractivity contribution in [2.45, 2.75) is 26.2 Å². The second-order valence-electron chi connectivity index (χ2n) is 6.98. The third-order valence-electron chi connectivity index (χ3n) is 4.00. The first kappa shape index (κ1) is 20.5. The van der Waals surface area contributed by atoms with Crippen molar-refractivity contribution in [1.82, 2.24) is 4.98 Å². The van der Waals surface area contributed by atoms with Gasteiger partial charge in [-0.05, 0) is 37.1 Å². The SMILES string of the molecule is C=N/C(=C\C(=N/C)c1ccc(C(=O)O)cc1Cl)c1ccnc(C(C)(C)C)c1. The molecule has 6 heteroatoms. The molecule has 0 aliphatic heterocycles. The smallest absolute Gasteiger partial charge is 0.335 e. The predicted octanol–water partition coefficient (Wildman–Crippen LogP) is 4.89. The van der Waals surface area contributed by atoms with E-state index in [4.69, 9.17) is 16.7 Å². The molecule has 27 heavy (non-hydrogen) atoms. The van der Waals surface area contributed by atoms with Gasteiger partial charge in [-0.15, -0.1) is 0 Å². The van der Waals surface area contributed by atoms with Crippen LogP contribution in [0.1, 0.15) is 48.0 Å². The molecule has 5 nitrogen and oxygen atoms in total. The van der Waals surface area contributed by atoms with Crippen LogP contribution in [-0.2, 0) is 5.41 Å². The van der Waals surface area contributed by atoms with Crippen molar-refractivity contribution in [1.29, 1.82) is 0 Å². The predicted molar refractivity (Wildman–Crippen MR) is 111 cm³/mol. The van der Waals surface area contributed by atoms with E-state index in [9.17, 15) is 4.79 Å². The Kier molecular flexibility index (Phi) is 6.28. The first-order valence-electron chi connectivity index (χ1n) is 8.32. The number of nitrogens with zero attached hydrogens (tertiary/aromatic N) is 3. The minimum absolute atomic E-state index is 0.0973. The average Bonchev–Trinajstić information content (AvgIpc) is 2.62. The molecule has 0 aliphatic carbocycles. The van der Waals surface area contributed by atoms with Crippen molar-refractivity contribution >= 4 is 35.7 Å². The van der Waals surface area contributed by atoms with Gasteiger partial charge in [-0.1, -0.05) is 38.4 Å². The number of halogens is 1. The van der Waals surface area contributed by atoms with Gasteiger partial charge in [-0.2, -0.15) is 0 Å². The number of rotatable bonds is 5. The molecule has 1 aromatic carbocycles. The summed E-state index contributed by atoms with van der Waals surface area (Å²) >= 11 is 6.28.